The first kappa shape index (κ1) is 88.4. The summed E-state index contributed by atoms with van der Waals surface area (Å²) in [7, 11) is 0. The predicted octanol–water partition coefficient (Wildman–Crippen LogP) is -3.71. The fourth-order valence-electron chi connectivity index (χ4n) is 12.0. The molecule has 19 N–H and O–H groups in total. The van der Waals surface area contributed by atoms with Crippen LogP contribution in [0.3, 0.4) is 0 Å². The van der Waals surface area contributed by atoms with E-state index >= 15 is 0 Å². The van der Waals surface area contributed by atoms with Crippen molar-refractivity contribution in [3.8, 4) is 0 Å². The minimum atomic E-state index is -1.37. The molecule has 3 saturated heterocycles. The highest BCUT2D eigenvalue weighted by atomic mass is 16.6. The molecule has 4 rings (SSSR count). The first-order chi connectivity index (χ1) is 49.1. The second kappa shape index (κ2) is 51.2. The van der Waals surface area contributed by atoms with Crippen molar-refractivity contribution in [2.45, 2.75) is 201 Å². The summed E-state index contributed by atoms with van der Waals surface area (Å²) in [6.07, 6.45) is -8.99. The lowest BCUT2D eigenvalue weighted by atomic mass is 9.83. The number of aliphatic hydroxyl groups is 9. The molecule has 0 radical (unpaired) electrons. The Labute approximate surface area is 595 Å². The number of carbonyl (C=O) groups excluding carboxylic acids is 7. The average molecular weight is 1470 g/mol. The number of urea groups is 3. The van der Waals surface area contributed by atoms with Crippen molar-refractivity contribution >= 4 is 41.9 Å². The van der Waals surface area contributed by atoms with Gasteiger partial charge in [-0.15, -0.1) is 0 Å². The van der Waals surface area contributed by atoms with Crippen LogP contribution in [0.4, 0.5) is 19.2 Å². The molecule has 36 heteroatoms. The number of alkyl carbamates (subject to hydrolysis) is 1. The van der Waals surface area contributed by atoms with Crippen LogP contribution in [0.2, 0.25) is 0 Å². The number of hydrogen-bond acceptors (Lipinski definition) is 26. The molecule has 0 bridgehead atoms. The van der Waals surface area contributed by atoms with Crippen molar-refractivity contribution in [1.82, 2.24) is 53.2 Å². The molecule has 0 aromatic heterocycles. The molecule has 0 spiro atoms. The summed E-state index contributed by atoms with van der Waals surface area (Å²) in [5.74, 6) is -1.21. The Morgan fingerprint density at radius 3 is 0.971 bits per heavy atom. The van der Waals surface area contributed by atoms with E-state index in [0.29, 0.717) is 96.9 Å². The van der Waals surface area contributed by atoms with E-state index in [-0.39, 0.29) is 105 Å². The maximum absolute atomic E-state index is 13.7. The third kappa shape index (κ3) is 34.7. The molecule has 0 unspecified atom stereocenters. The minimum Gasteiger partial charge on any atom is -0.445 e. The second-order valence-electron chi connectivity index (χ2n) is 25.2. The van der Waals surface area contributed by atoms with Crippen molar-refractivity contribution in [2.75, 3.05) is 138 Å². The van der Waals surface area contributed by atoms with E-state index in [9.17, 15) is 79.5 Å². The number of amides is 10. The third-order valence-corrected chi connectivity index (χ3v) is 17.2. The second-order valence-corrected chi connectivity index (χ2v) is 25.2. The maximum atomic E-state index is 13.7. The Bertz CT molecular complexity index is 2290. The number of rotatable bonds is 51. The largest absolute Gasteiger partial charge is 0.445 e. The summed E-state index contributed by atoms with van der Waals surface area (Å²) in [6.45, 7) is 6.32. The van der Waals surface area contributed by atoms with Crippen molar-refractivity contribution in [1.29, 1.82) is 0 Å². The maximum Gasteiger partial charge on any atom is 0.407 e. The lowest BCUT2D eigenvalue weighted by Crippen LogP contribution is -2.63. The van der Waals surface area contributed by atoms with Gasteiger partial charge in [-0.2, -0.15) is 0 Å². The summed E-state index contributed by atoms with van der Waals surface area (Å²) >= 11 is 0. The SMILES string of the molecule is CC(=O)N[C@@H]1[C@@H](O)[C@@H](O)[C@@H](CO)O[C@@H]1CCCOCCOCCNC(=O)NCCCC(CCCNC(=O)NCCOCCOCCC[C@H]1O[C@H](CO)[C@H](O)[C@H](O)[C@H]1NC(C)=O)(CCCNC(=O)NCCOCCOCCC[C@H]1O[C@H](CO)[C@H](O)[C@H](O)[C@H]1NC(C)=O)NC(=O)OCc1ccccc1. The van der Waals surface area contributed by atoms with Gasteiger partial charge in [0.25, 0.3) is 0 Å². The molecule has 10 amide bonds. The highest BCUT2D eigenvalue weighted by molar-refractivity contribution is 5.75. The van der Waals surface area contributed by atoms with Crippen molar-refractivity contribution in [3.63, 3.8) is 0 Å². The molecule has 3 aliphatic rings. The third-order valence-electron chi connectivity index (χ3n) is 17.2. The molecule has 1 aromatic rings. The van der Waals surface area contributed by atoms with E-state index in [2.05, 4.69) is 53.2 Å². The highest BCUT2D eigenvalue weighted by Gasteiger charge is 2.47. The highest BCUT2D eigenvalue weighted by Crippen LogP contribution is 2.29. The minimum absolute atomic E-state index is 0.0141. The zero-order valence-electron chi connectivity index (χ0n) is 59.1. The lowest BCUT2D eigenvalue weighted by Gasteiger charge is -2.42. The number of ether oxygens (including phenoxy) is 10. The predicted molar refractivity (Wildman–Crippen MR) is 363 cm³/mol. The summed E-state index contributed by atoms with van der Waals surface area (Å²) in [4.78, 5) is 87.7. The molecule has 102 heavy (non-hydrogen) atoms. The van der Waals surface area contributed by atoms with E-state index in [0.717, 1.165) is 5.56 Å². The topological polar surface area (TPSA) is 514 Å². The first-order valence-corrected chi connectivity index (χ1v) is 35.3. The molecule has 0 aliphatic carbocycles. The molecule has 0 saturated carbocycles. The molecular weight excluding hydrogens is 1350 g/mol. The van der Waals surface area contributed by atoms with Crippen LogP contribution >= 0.6 is 0 Å². The zero-order valence-corrected chi connectivity index (χ0v) is 59.1. The van der Waals surface area contributed by atoms with Crippen LogP contribution in [-0.2, 0) is 68.4 Å². The van der Waals surface area contributed by atoms with Gasteiger partial charge in [-0.25, -0.2) is 19.2 Å². The van der Waals surface area contributed by atoms with Gasteiger partial charge in [0.05, 0.1) is 116 Å². The normalized spacial score (nSPS) is 24.9. The van der Waals surface area contributed by atoms with Crippen LogP contribution in [0.5, 0.6) is 0 Å². The zero-order chi connectivity index (χ0) is 74.5. The number of nitrogens with one attached hydrogen (secondary N) is 10. The molecule has 3 heterocycles. The summed E-state index contributed by atoms with van der Waals surface area (Å²) < 4.78 is 56.8. The van der Waals surface area contributed by atoms with Crippen LogP contribution in [-0.4, -0.2) is 323 Å². The van der Waals surface area contributed by atoms with Gasteiger partial charge >= 0.3 is 24.2 Å². The molecule has 3 aliphatic heterocycles. The number of hydrogen-bond donors (Lipinski definition) is 19. The quantitative estimate of drug-likeness (QED) is 0.0279. The van der Waals surface area contributed by atoms with Crippen LogP contribution < -0.4 is 53.2 Å². The van der Waals surface area contributed by atoms with Gasteiger partial charge in [0.1, 0.15) is 61.5 Å². The van der Waals surface area contributed by atoms with Gasteiger partial charge in [-0.05, 0) is 82.6 Å². The van der Waals surface area contributed by atoms with Gasteiger partial charge in [0, 0.05) is 85.4 Å². The van der Waals surface area contributed by atoms with E-state index in [1.165, 1.54) is 20.8 Å². The molecular formula is C66H116N10O26. The molecule has 3 fully saturated rings. The van der Waals surface area contributed by atoms with Gasteiger partial charge in [0.2, 0.25) is 17.7 Å². The van der Waals surface area contributed by atoms with Crippen LogP contribution in [0.25, 0.3) is 0 Å². The van der Waals surface area contributed by atoms with E-state index in [4.69, 9.17) is 47.4 Å². The molecule has 586 valence electrons. The van der Waals surface area contributed by atoms with Crippen molar-refractivity contribution < 1.29 is 127 Å². The van der Waals surface area contributed by atoms with E-state index in [1.54, 1.807) is 0 Å². The molecule has 36 nitrogen and oxygen atoms in total. The Morgan fingerprint density at radius 1 is 0.382 bits per heavy atom. The first-order valence-electron chi connectivity index (χ1n) is 35.3. The van der Waals surface area contributed by atoms with Crippen molar-refractivity contribution in [3.05, 3.63) is 35.9 Å². The fraction of sp³-hybridized carbons (Fsp3) is 0.803. The monoisotopic (exact) mass is 1460 g/mol. The van der Waals surface area contributed by atoms with Crippen LogP contribution in [0.15, 0.2) is 30.3 Å². The van der Waals surface area contributed by atoms with Crippen LogP contribution in [0.1, 0.15) is 103 Å². The van der Waals surface area contributed by atoms with Gasteiger partial charge in [-0.1, -0.05) is 30.3 Å². The van der Waals surface area contributed by atoms with Gasteiger partial charge < -0.3 is 146 Å². The Hall–Kier alpha value is -6.01. The Balaban J connectivity index is 1.22. The van der Waals surface area contributed by atoms with E-state index < -0.39 is 159 Å². The Morgan fingerprint density at radius 2 is 0.676 bits per heavy atom. The average Bonchev–Trinajstić information content (AvgIpc) is 0.813. The number of carbonyl (C=O) groups is 7. The Kier molecular flexibility index (Phi) is 44.4. The fourth-order valence-corrected chi connectivity index (χ4v) is 12.0. The molecule has 1 aromatic carbocycles. The van der Waals surface area contributed by atoms with Gasteiger partial charge in [-0.3, -0.25) is 14.4 Å². The number of benzene rings is 1. The van der Waals surface area contributed by atoms with Crippen molar-refractivity contribution in [2.24, 2.45) is 0 Å². The molecule has 15 atom stereocenters. The summed E-state index contributed by atoms with van der Waals surface area (Å²) in [5, 5.41) is 119. The smallest absolute Gasteiger partial charge is 0.407 e. The summed E-state index contributed by atoms with van der Waals surface area (Å²) in [6, 6.07) is 5.16. The van der Waals surface area contributed by atoms with Crippen LogP contribution in [0, 0.1) is 0 Å². The lowest BCUT2D eigenvalue weighted by molar-refractivity contribution is -0.197. The standard InChI is InChI=1S/C66H116N10O26/c1-43(80)73-53-47(100-50(39-77)56(83)59(53)86)15-7-27-93-33-36-96-30-24-70-62(89)67-21-10-18-66(76-65(92)99-42-46-13-5-4-6-14-46,19-11-22-68-63(90)71-25-31-97-37-34-94-28-8-16-48-54(74-44(2)81)60(87)57(84)51(40-78)101-48)20-12-23-69-64(91)72-26-32-98-38-35-95-29-9-17-49-55(75-45(3)82)61(88)58(85)52(41-79)102-49/h4-6,13-14,47-61,77-79,83-88H,7-12,15-42H2,1-3H3,(H,73,80)(H,74,81)(H,75,82)(H,76,92)(H2,67,70,89)(H2,68,71,90)(H2,69,72,91)/t47-,48-,49-,50-,51-,52-,53+,54+,55+,56+,57+,58+,59-,60-,61-/m1/s1. The number of aliphatic hydroxyl groups excluding tert-OH is 9. The van der Waals surface area contributed by atoms with E-state index in [1.807, 2.05) is 30.3 Å². The van der Waals surface area contributed by atoms with Gasteiger partial charge in [0.15, 0.2) is 0 Å². The summed E-state index contributed by atoms with van der Waals surface area (Å²) in [5.41, 5.74) is -0.198.